The third-order valence-electron chi connectivity index (χ3n) is 2.96. The molecule has 2 atom stereocenters. The predicted octanol–water partition coefficient (Wildman–Crippen LogP) is 1.43. The van der Waals surface area contributed by atoms with Gasteiger partial charge in [-0.05, 0) is 40.0 Å². The number of carbonyl (C=O) groups is 2. The normalized spacial score (nSPS) is 13.1. The maximum absolute atomic E-state index is 11.9. The molecule has 0 aliphatic carbocycles. The van der Waals surface area contributed by atoms with Crippen LogP contribution in [0.25, 0.3) is 0 Å². The van der Waals surface area contributed by atoms with Crippen LogP contribution in [0.4, 0.5) is 4.79 Å². The average Bonchev–Trinajstić information content (AvgIpc) is 2.46. The van der Waals surface area contributed by atoms with Gasteiger partial charge in [0.1, 0.15) is 0 Å². The summed E-state index contributed by atoms with van der Waals surface area (Å²) in [5.74, 6) is -0.572. The lowest BCUT2D eigenvalue weighted by molar-refractivity contribution is -0.150. The van der Waals surface area contributed by atoms with Gasteiger partial charge in [-0.2, -0.15) is 0 Å². The van der Waals surface area contributed by atoms with Crippen molar-refractivity contribution in [3.63, 3.8) is 0 Å². The molecule has 0 rings (SSSR count). The first-order valence-corrected chi connectivity index (χ1v) is 7.42. The Morgan fingerprint density at radius 1 is 1.32 bits per heavy atom. The van der Waals surface area contributed by atoms with Gasteiger partial charge in [0, 0.05) is 12.1 Å². The molecule has 0 radical (unpaired) electrons. The zero-order chi connectivity index (χ0) is 17.1. The molecule has 0 spiro atoms. The largest absolute Gasteiger partial charge is 0.450 e. The van der Waals surface area contributed by atoms with Crippen LogP contribution < -0.4 is 0 Å². The summed E-state index contributed by atoms with van der Waals surface area (Å²) < 4.78 is 10.1. The van der Waals surface area contributed by atoms with Crippen LogP contribution in [-0.2, 0) is 14.3 Å². The van der Waals surface area contributed by atoms with Crippen molar-refractivity contribution in [1.29, 1.82) is 0 Å². The molecular weight excluding hydrogens is 290 g/mol. The van der Waals surface area contributed by atoms with E-state index in [2.05, 4.69) is 6.58 Å². The average molecular weight is 317 g/mol. The van der Waals surface area contributed by atoms with Gasteiger partial charge in [0.2, 0.25) is 0 Å². The number of aliphatic hydroxyl groups excluding tert-OH is 2. The number of rotatable bonds is 10. The lowest BCUT2D eigenvalue weighted by atomic mass is 10.1. The second-order valence-electron chi connectivity index (χ2n) is 5.01. The summed E-state index contributed by atoms with van der Waals surface area (Å²) in [6, 6.07) is 0. The lowest BCUT2D eigenvalue weighted by Crippen LogP contribution is -2.42. The van der Waals surface area contributed by atoms with E-state index in [0.717, 1.165) is 0 Å². The van der Waals surface area contributed by atoms with E-state index in [1.807, 2.05) is 0 Å². The van der Waals surface area contributed by atoms with Gasteiger partial charge in [-0.3, -0.25) is 4.90 Å². The fourth-order valence-corrected chi connectivity index (χ4v) is 1.70. The van der Waals surface area contributed by atoms with Gasteiger partial charge >= 0.3 is 12.1 Å². The minimum atomic E-state index is -0.772. The Hall–Kier alpha value is -1.60. The van der Waals surface area contributed by atoms with E-state index < -0.39 is 24.4 Å². The minimum Gasteiger partial charge on any atom is -0.450 e. The Bertz CT molecular complexity index is 371. The summed E-state index contributed by atoms with van der Waals surface area (Å²) in [5, 5.41) is 18.0. The SMILES string of the molecule is C=C(C)C(=O)OC(C)N(CCCCC(O)CO)C(=O)OCC. The summed E-state index contributed by atoms with van der Waals surface area (Å²) in [4.78, 5) is 24.8. The highest BCUT2D eigenvalue weighted by Gasteiger charge is 2.24. The van der Waals surface area contributed by atoms with E-state index in [1.165, 1.54) is 11.8 Å². The summed E-state index contributed by atoms with van der Waals surface area (Å²) in [6.45, 7) is 8.56. The van der Waals surface area contributed by atoms with Crippen molar-refractivity contribution >= 4 is 12.1 Å². The van der Waals surface area contributed by atoms with Crippen LogP contribution in [0.5, 0.6) is 0 Å². The highest BCUT2D eigenvalue weighted by Crippen LogP contribution is 2.10. The molecule has 2 unspecified atom stereocenters. The molecule has 0 heterocycles. The zero-order valence-electron chi connectivity index (χ0n) is 13.6. The fourth-order valence-electron chi connectivity index (χ4n) is 1.70. The first kappa shape index (κ1) is 20.4. The van der Waals surface area contributed by atoms with Gasteiger partial charge in [-0.15, -0.1) is 0 Å². The smallest absolute Gasteiger partial charge is 0.412 e. The maximum Gasteiger partial charge on any atom is 0.412 e. The molecule has 0 aromatic heterocycles. The van der Waals surface area contributed by atoms with Crippen LogP contribution in [0.3, 0.4) is 0 Å². The molecule has 0 saturated heterocycles. The maximum atomic E-state index is 11.9. The van der Waals surface area contributed by atoms with E-state index in [0.29, 0.717) is 25.8 Å². The van der Waals surface area contributed by atoms with Gasteiger partial charge in [-0.25, -0.2) is 9.59 Å². The van der Waals surface area contributed by atoms with Gasteiger partial charge in [0.15, 0.2) is 6.23 Å². The van der Waals surface area contributed by atoms with Gasteiger partial charge in [-0.1, -0.05) is 6.58 Å². The number of unbranched alkanes of at least 4 members (excludes halogenated alkanes) is 1. The molecule has 22 heavy (non-hydrogen) atoms. The Labute approximate surface area is 131 Å². The second kappa shape index (κ2) is 11.0. The first-order chi connectivity index (χ1) is 10.3. The van der Waals surface area contributed by atoms with Crippen LogP contribution in [0.1, 0.15) is 40.0 Å². The molecule has 0 aromatic rings. The monoisotopic (exact) mass is 317 g/mol. The van der Waals surface area contributed by atoms with Crippen molar-refractivity contribution in [2.75, 3.05) is 19.8 Å². The number of nitrogens with zero attached hydrogens (tertiary/aromatic N) is 1. The fraction of sp³-hybridized carbons (Fsp3) is 0.733. The van der Waals surface area contributed by atoms with Crippen molar-refractivity contribution < 1.29 is 29.3 Å². The van der Waals surface area contributed by atoms with Crippen molar-refractivity contribution in [2.24, 2.45) is 0 Å². The lowest BCUT2D eigenvalue weighted by Gasteiger charge is -2.28. The standard InChI is InChI=1S/C15H27NO6/c1-5-21-15(20)16(9-7-6-8-13(18)10-17)12(4)22-14(19)11(2)3/h12-13,17-18H,2,5-10H2,1,3-4H3. The van der Waals surface area contributed by atoms with E-state index in [-0.39, 0.29) is 18.8 Å². The summed E-state index contributed by atoms with van der Waals surface area (Å²) >= 11 is 0. The minimum absolute atomic E-state index is 0.222. The van der Waals surface area contributed by atoms with Crippen LogP contribution in [-0.4, -0.2) is 59.3 Å². The summed E-state index contributed by atoms with van der Waals surface area (Å²) in [7, 11) is 0. The Kier molecular flexibility index (Phi) is 10.2. The molecule has 7 heteroatoms. The number of hydrogen-bond donors (Lipinski definition) is 2. The molecule has 7 nitrogen and oxygen atoms in total. The second-order valence-corrected chi connectivity index (χ2v) is 5.01. The molecule has 128 valence electrons. The number of esters is 1. The van der Waals surface area contributed by atoms with E-state index in [9.17, 15) is 14.7 Å². The highest BCUT2D eigenvalue weighted by atomic mass is 16.6. The van der Waals surface area contributed by atoms with E-state index in [4.69, 9.17) is 14.6 Å². The Balaban J connectivity index is 4.52. The number of hydrogen-bond acceptors (Lipinski definition) is 6. The van der Waals surface area contributed by atoms with Crippen molar-refractivity contribution in [3.05, 3.63) is 12.2 Å². The predicted molar refractivity (Wildman–Crippen MR) is 81.0 cm³/mol. The number of ether oxygens (including phenoxy) is 2. The van der Waals surface area contributed by atoms with Crippen LogP contribution in [0, 0.1) is 0 Å². The molecule has 1 amide bonds. The molecular formula is C15H27NO6. The quantitative estimate of drug-likeness (QED) is 0.274. The third-order valence-corrected chi connectivity index (χ3v) is 2.96. The molecule has 2 N–H and O–H groups in total. The number of carbonyl (C=O) groups excluding carboxylic acids is 2. The zero-order valence-corrected chi connectivity index (χ0v) is 13.6. The van der Waals surface area contributed by atoms with Gasteiger partial charge in [0.25, 0.3) is 0 Å². The number of amides is 1. The van der Waals surface area contributed by atoms with Crippen LogP contribution >= 0.6 is 0 Å². The first-order valence-electron chi connectivity index (χ1n) is 7.42. The summed E-state index contributed by atoms with van der Waals surface area (Å²) in [6.07, 6.45) is -0.440. The van der Waals surface area contributed by atoms with Gasteiger partial charge in [0.05, 0.1) is 19.3 Å². The Morgan fingerprint density at radius 3 is 2.45 bits per heavy atom. The highest BCUT2D eigenvalue weighted by molar-refractivity contribution is 5.87. The molecule has 0 aliphatic rings. The molecule has 0 fully saturated rings. The third kappa shape index (κ3) is 7.99. The molecule has 0 aliphatic heterocycles. The Morgan fingerprint density at radius 2 is 1.95 bits per heavy atom. The number of aliphatic hydroxyl groups is 2. The molecule has 0 saturated carbocycles. The van der Waals surface area contributed by atoms with Gasteiger partial charge < -0.3 is 19.7 Å². The van der Waals surface area contributed by atoms with Crippen molar-refractivity contribution in [3.8, 4) is 0 Å². The molecule has 0 aromatic carbocycles. The van der Waals surface area contributed by atoms with Crippen LogP contribution in [0.15, 0.2) is 12.2 Å². The van der Waals surface area contributed by atoms with E-state index in [1.54, 1.807) is 13.8 Å². The molecule has 0 bridgehead atoms. The topological polar surface area (TPSA) is 96.3 Å². The van der Waals surface area contributed by atoms with Crippen molar-refractivity contribution in [1.82, 2.24) is 4.90 Å². The van der Waals surface area contributed by atoms with Crippen molar-refractivity contribution in [2.45, 2.75) is 52.4 Å². The summed E-state index contributed by atoms with van der Waals surface area (Å²) in [5.41, 5.74) is 0.252. The van der Waals surface area contributed by atoms with Crippen LogP contribution in [0.2, 0.25) is 0 Å². The van der Waals surface area contributed by atoms with E-state index >= 15 is 0 Å².